The van der Waals surface area contributed by atoms with Crippen molar-refractivity contribution in [3.8, 4) is 0 Å². The number of hydrogen-bond donors (Lipinski definition) is 6. The molecule has 2 aliphatic heterocycles. The predicted octanol–water partition coefficient (Wildman–Crippen LogP) is 2.56. The summed E-state index contributed by atoms with van der Waals surface area (Å²) in [7, 11) is 0. The quantitative estimate of drug-likeness (QED) is 0.361. The fourth-order valence-electron chi connectivity index (χ4n) is 4.88. The van der Waals surface area contributed by atoms with Gasteiger partial charge in [0.1, 0.15) is 11.7 Å². The maximum atomic E-state index is 6.07. The summed E-state index contributed by atoms with van der Waals surface area (Å²) in [6, 6.07) is 12.6. The second kappa shape index (κ2) is 11.0. The molecule has 2 fully saturated rings. The molecule has 2 unspecified atom stereocenters. The molecule has 9 heteroatoms. The summed E-state index contributed by atoms with van der Waals surface area (Å²) < 4.78 is 0. The second-order valence-corrected chi connectivity index (χ2v) is 9.39. The molecule has 0 amide bonds. The topological polar surface area (TPSA) is 138 Å². The summed E-state index contributed by atoms with van der Waals surface area (Å²) >= 11 is 0. The van der Waals surface area contributed by atoms with Crippen molar-refractivity contribution in [3.63, 3.8) is 0 Å². The van der Waals surface area contributed by atoms with Gasteiger partial charge in [-0.1, -0.05) is 36.4 Å². The van der Waals surface area contributed by atoms with Crippen molar-refractivity contribution in [2.24, 2.45) is 16.5 Å². The van der Waals surface area contributed by atoms with Gasteiger partial charge in [-0.25, -0.2) is 20.4 Å². The zero-order valence-electron chi connectivity index (χ0n) is 20.0. The molecule has 0 bridgehead atoms. The number of nitrogens with one attached hydrogen (secondary N) is 4. The molecular formula is C26H35N9. The summed E-state index contributed by atoms with van der Waals surface area (Å²) in [6.45, 7) is 0.442. The number of aliphatic imine (C=N–C) groups is 1. The van der Waals surface area contributed by atoms with Crippen LogP contribution in [-0.2, 0) is 0 Å². The van der Waals surface area contributed by atoms with Crippen LogP contribution in [0.3, 0.4) is 0 Å². The lowest BCUT2D eigenvalue weighted by molar-refractivity contribution is 0.359. The van der Waals surface area contributed by atoms with Gasteiger partial charge in [0.25, 0.3) is 0 Å². The highest BCUT2D eigenvalue weighted by molar-refractivity contribution is 6.01. The van der Waals surface area contributed by atoms with Gasteiger partial charge in [-0.2, -0.15) is 0 Å². The number of benzene rings is 1. The van der Waals surface area contributed by atoms with Gasteiger partial charge < -0.3 is 27.5 Å². The van der Waals surface area contributed by atoms with Gasteiger partial charge in [0.2, 0.25) is 5.95 Å². The van der Waals surface area contributed by atoms with E-state index in [0.29, 0.717) is 24.6 Å². The molecule has 1 aromatic carbocycles. The van der Waals surface area contributed by atoms with Crippen LogP contribution < -0.4 is 33.0 Å². The molecule has 35 heavy (non-hydrogen) atoms. The molecule has 1 aliphatic carbocycles. The number of amidine groups is 1. The molecule has 1 saturated carbocycles. The van der Waals surface area contributed by atoms with Gasteiger partial charge in [0.15, 0.2) is 0 Å². The van der Waals surface area contributed by atoms with Gasteiger partial charge in [-0.3, -0.25) is 0 Å². The molecule has 3 aliphatic rings. The summed E-state index contributed by atoms with van der Waals surface area (Å²) in [6.07, 6.45) is 12.4. The Labute approximate surface area is 206 Å². The number of allylic oxidation sites excluding steroid dienone is 2. The number of fused-ring (bicyclic) bond motifs is 1. The number of nitrogens with zero attached hydrogens (tertiary/aromatic N) is 3. The van der Waals surface area contributed by atoms with Crippen molar-refractivity contribution >= 4 is 11.8 Å². The summed E-state index contributed by atoms with van der Waals surface area (Å²) in [5, 5.41) is 7.03. The Morgan fingerprint density at radius 3 is 2.63 bits per heavy atom. The summed E-state index contributed by atoms with van der Waals surface area (Å²) in [4.78, 5) is 14.2. The number of anilines is 1. The molecule has 1 saturated heterocycles. The van der Waals surface area contributed by atoms with E-state index >= 15 is 0 Å². The molecular weight excluding hydrogens is 438 g/mol. The molecule has 0 spiro atoms. The van der Waals surface area contributed by atoms with Crippen LogP contribution in [-0.4, -0.2) is 34.4 Å². The summed E-state index contributed by atoms with van der Waals surface area (Å²) in [5.74, 6) is 2.32. The van der Waals surface area contributed by atoms with Crippen LogP contribution in [0.1, 0.15) is 61.9 Å². The van der Waals surface area contributed by atoms with E-state index in [1.165, 1.54) is 0 Å². The first kappa shape index (κ1) is 23.5. The molecule has 3 heterocycles. The van der Waals surface area contributed by atoms with Crippen LogP contribution in [0.25, 0.3) is 0 Å². The third-order valence-corrected chi connectivity index (χ3v) is 6.86. The third-order valence-electron chi connectivity index (χ3n) is 6.86. The van der Waals surface area contributed by atoms with Gasteiger partial charge in [-0.05, 0) is 56.2 Å². The predicted molar refractivity (Wildman–Crippen MR) is 139 cm³/mol. The Morgan fingerprint density at radius 2 is 1.83 bits per heavy atom. The van der Waals surface area contributed by atoms with E-state index in [9.17, 15) is 0 Å². The van der Waals surface area contributed by atoms with Crippen molar-refractivity contribution in [1.82, 2.24) is 26.1 Å². The average Bonchev–Trinajstić information content (AvgIpc) is 3.26. The normalized spacial score (nSPS) is 25.1. The first-order chi connectivity index (χ1) is 17.2. The molecule has 5 rings (SSSR count). The molecule has 0 radical (unpaired) electrons. The standard InChI is InChI=1S/C26H35N9/c27-16-22(17-6-2-1-3-7-17)32-26-29-15-14-21(31-26)24-20-8-4-5-9-23(33-25(20)35-34-24)30-19-12-10-18(28)11-13-19/h1-3,6-9,14-15,18-19,22,24,30,34H,4-5,10-13,16,27-28H2,(H,33,35)(H,29,31,32). The molecule has 184 valence electrons. The monoisotopic (exact) mass is 473 g/mol. The minimum absolute atomic E-state index is 0.0630. The van der Waals surface area contributed by atoms with E-state index in [1.807, 2.05) is 24.3 Å². The lowest BCUT2D eigenvalue weighted by Gasteiger charge is -2.28. The fourth-order valence-corrected chi connectivity index (χ4v) is 4.88. The molecule has 2 atom stereocenters. The van der Waals surface area contributed by atoms with Crippen molar-refractivity contribution in [2.75, 3.05) is 11.9 Å². The van der Waals surface area contributed by atoms with Crippen LogP contribution in [0, 0.1) is 0 Å². The third kappa shape index (κ3) is 5.70. The molecule has 9 nitrogen and oxygen atoms in total. The minimum atomic E-state index is -0.114. The van der Waals surface area contributed by atoms with E-state index in [-0.39, 0.29) is 12.1 Å². The van der Waals surface area contributed by atoms with Crippen molar-refractivity contribution < 1.29 is 0 Å². The van der Waals surface area contributed by atoms with Gasteiger partial charge in [0.05, 0.1) is 17.8 Å². The van der Waals surface area contributed by atoms with Crippen LogP contribution in [0.2, 0.25) is 0 Å². The highest BCUT2D eigenvalue weighted by Crippen LogP contribution is 2.28. The maximum Gasteiger partial charge on any atom is 0.223 e. The Kier molecular flexibility index (Phi) is 7.37. The van der Waals surface area contributed by atoms with Crippen LogP contribution in [0.15, 0.2) is 71.1 Å². The Morgan fingerprint density at radius 1 is 1.03 bits per heavy atom. The maximum absolute atomic E-state index is 6.07. The molecule has 1 aromatic heterocycles. The molecule has 8 N–H and O–H groups in total. The summed E-state index contributed by atoms with van der Waals surface area (Å²) in [5.41, 5.74) is 21.8. The number of rotatable bonds is 7. The number of nitrogens with two attached hydrogens (primary N) is 2. The Hall–Kier alpha value is -3.27. The van der Waals surface area contributed by atoms with Crippen LogP contribution >= 0.6 is 0 Å². The zero-order valence-corrected chi connectivity index (χ0v) is 20.0. The van der Waals surface area contributed by atoms with Crippen LogP contribution in [0.4, 0.5) is 5.95 Å². The van der Waals surface area contributed by atoms with Gasteiger partial charge >= 0.3 is 0 Å². The van der Waals surface area contributed by atoms with E-state index in [4.69, 9.17) is 21.4 Å². The van der Waals surface area contributed by atoms with E-state index in [2.05, 4.69) is 50.8 Å². The average molecular weight is 474 g/mol. The van der Waals surface area contributed by atoms with E-state index in [1.54, 1.807) is 6.20 Å². The number of aromatic nitrogens is 2. The van der Waals surface area contributed by atoms with Gasteiger partial charge in [0, 0.05) is 30.4 Å². The highest BCUT2D eigenvalue weighted by atomic mass is 15.4. The van der Waals surface area contributed by atoms with E-state index in [0.717, 1.165) is 67.0 Å². The second-order valence-electron chi connectivity index (χ2n) is 9.39. The van der Waals surface area contributed by atoms with Crippen molar-refractivity contribution in [2.45, 2.75) is 62.7 Å². The zero-order chi connectivity index (χ0) is 24.0. The lowest BCUT2D eigenvalue weighted by Crippen LogP contribution is -2.37. The van der Waals surface area contributed by atoms with Crippen molar-refractivity contribution in [3.05, 3.63) is 77.4 Å². The van der Waals surface area contributed by atoms with E-state index < -0.39 is 0 Å². The van der Waals surface area contributed by atoms with Gasteiger partial charge in [-0.15, -0.1) is 0 Å². The lowest BCUT2D eigenvalue weighted by atomic mass is 9.92. The fraction of sp³-hybridized carbons (Fsp3) is 0.423. The largest absolute Gasteiger partial charge is 0.368 e. The Bertz CT molecular complexity index is 1090. The van der Waals surface area contributed by atoms with Crippen molar-refractivity contribution in [1.29, 1.82) is 0 Å². The minimum Gasteiger partial charge on any atom is -0.368 e. The number of hydrogen-bond acceptors (Lipinski definition) is 9. The first-order valence-corrected chi connectivity index (χ1v) is 12.6. The Balaban J connectivity index is 1.31. The number of hydrazine groups is 1. The molecule has 2 aromatic rings. The van der Waals surface area contributed by atoms with Crippen LogP contribution in [0.5, 0.6) is 0 Å². The smallest absolute Gasteiger partial charge is 0.223 e. The SMILES string of the molecule is NCC(Nc1nccc(C2NNC3=NC(NC4CCC(N)CC4)=CCCC=C32)n1)c1ccccc1. The first-order valence-electron chi connectivity index (χ1n) is 12.6. The highest BCUT2D eigenvalue weighted by Gasteiger charge is 2.30.